The van der Waals surface area contributed by atoms with Gasteiger partial charge >= 0.3 is 5.63 Å². The second-order valence-corrected chi connectivity index (χ2v) is 6.71. The van der Waals surface area contributed by atoms with Crippen molar-refractivity contribution < 1.29 is 13.9 Å². The molecule has 0 aliphatic heterocycles. The van der Waals surface area contributed by atoms with Crippen LogP contribution in [0.15, 0.2) is 88.1 Å². The number of carbonyl (C=O) groups excluding carboxylic acids is 1. The van der Waals surface area contributed by atoms with Crippen molar-refractivity contribution in [2.45, 2.75) is 6.92 Å². The van der Waals surface area contributed by atoms with Crippen LogP contribution < -0.4 is 15.7 Å². The fourth-order valence-electron chi connectivity index (χ4n) is 3.16. The first-order valence-corrected chi connectivity index (χ1v) is 9.21. The van der Waals surface area contributed by atoms with Crippen molar-refractivity contribution >= 4 is 22.6 Å². The summed E-state index contributed by atoms with van der Waals surface area (Å²) in [7, 11) is 0. The Morgan fingerprint density at radius 2 is 1.79 bits per heavy atom. The lowest BCUT2D eigenvalue weighted by atomic mass is 10.0. The maximum absolute atomic E-state index is 12.1. The lowest BCUT2D eigenvalue weighted by Crippen LogP contribution is -2.20. The van der Waals surface area contributed by atoms with Crippen molar-refractivity contribution in [2.24, 2.45) is 0 Å². The van der Waals surface area contributed by atoms with Gasteiger partial charge in [0.25, 0.3) is 5.91 Å². The predicted molar refractivity (Wildman–Crippen MR) is 113 cm³/mol. The fraction of sp³-hybridized carbons (Fsp3) is 0.0833. The van der Waals surface area contributed by atoms with Gasteiger partial charge in [0.1, 0.15) is 11.3 Å². The summed E-state index contributed by atoms with van der Waals surface area (Å²) in [6, 6.07) is 23.9. The Bertz CT molecular complexity index is 1230. The third kappa shape index (κ3) is 4.35. The number of nitrogens with one attached hydrogen (secondary N) is 1. The Hall–Kier alpha value is -3.86. The van der Waals surface area contributed by atoms with E-state index in [-0.39, 0.29) is 12.5 Å². The molecule has 1 amide bonds. The maximum atomic E-state index is 12.1. The van der Waals surface area contributed by atoms with E-state index >= 15 is 0 Å². The van der Waals surface area contributed by atoms with Crippen LogP contribution in [0.1, 0.15) is 5.56 Å². The standard InChI is InChI=1S/C24H19NO4/c1-16-6-5-9-18(12-16)25-23(26)15-28-19-10-11-20-21(17-7-3-2-4-8-17)14-24(27)29-22(20)13-19/h2-14H,15H2,1H3,(H,25,26). The third-order valence-electron chi connectivity index (χ3n) is 4.47. The van der Waals surface area contributed by atoms with E-state index in [9.17, 15) is 9.59 Å². The molecule has 29 heavy (non-hydrogen) atoms. The predicted octanol–water partition coefficient (Wildman–Crippen LogP) is 4.79. The van der Waals surface area contributed by atoms with E-state index in [2.05, 4.69) is 5.32 Å². The summed E-state index contributed by atoms with van der Waals surface area (Å²) in [5.74, 6) is 0.181. The van der Waals surface area contributed by atoms with E-state index in [4.69, 9.17) is 9.15 Å². The molecule has 144 valence electrons. The molecule has 0 fully saturated rings. The van der Waals surface area contributed by atoms with Gasteiger partial charge in [-0.15, -0.1) is 0 Å². The molecule has 0 radical (unpaired) electrons. The molecule has 5 nitrogen and oxygen atoms in total. The van der Waals surface area contributed by atoms with Gasteiger partial charge in [-0.05, 0) is 47.9 Å². The van der Waals surface area contributed by atoms with Crippen LogP contribution >= 0.6 is 0 Å². The molecule has 0 bridgehead atoms. The Morgan fingerprint density at radius 3 is 2.59 bits per heavy atom. The topological polar surface area (TPSA) is 68.5 Å². The van der Waals surface area contributed by atoms with Crippen molar-refractivity contribution in [1.29, 1.82) is 0 Å². The molecule has 3 aromatic carbocycles. The molecule has 0 aliphatic rings. The highest BCUT2D eigenvalue weighted by molar-refractivity contribution is 5.94. The lowest BCUT2D eigenvalue weighted by molar-refractivity contribution is -0.118. The minimum atomic E-state index is -0.439. The van der Waals surface area contributed by atoms with Crippen molar-refractivity contribution in [3.8, 4) is 16.9 Å². The second-order valence-electron chi connectivity index (χ2n) is 6.71. The quantitative estimate of drug-likeness (QED) is 0.502. The average molecular weight is 385 g/mol. The van der Waals surface area contributed by atoms with E-state index in [0.29, 0.717) is 11.3 Å². The first-order valence-electron chi connectivity index (χ1n) is 9.21. The minimum Gasteiger partial charge on any atom is -0.484 e. The van der Waals surface area contributed by atoms with Gasteiger partial charge in [0, 0.05) is 23.2 Å². The molecule has 0 saturated carbocycles. The van der Waals surface area contributed by atoms with E-state index in [0.717, 1.165) is 27.8 Å². The van der Waals surface area contributed by atoms with E-state index in [1.165, 1.54) is 6.07 Å². The molecule has 0 aliphatic carbocycles. The number of rotatable bonds is 5. The SMILES string of the molecule is Cc1cccc(NC(=O)COc2ccc3c(-c4ccccc4)cc(=O)oc3c2)c1. The highest BCUT2D eigenvalue weighted by Crippen LogP contribution is 2.29. The molecule has 0 unspecified atom stereocenters. The first kappa shape index (κ1) is 18.5. The highest BCUT2D eigenvalue weighted by Gasteiger charge is 2.10. The van der Waals surface area contributed by atoms with Gasteiger partial charge in [-0.25, -0.2) is 4.79 Å². The summed E-state index contributed by atoms with van der Waals surface area (Å²) in [5, 5.41) is 3.59. The molecule has 1 N–H and O–H groups in total. The number of fused-ring (bicyclic) bond motifs is 1. The molecular weight excluding hydrogens is 366 g/mol. The first-order chi connectivity index (χ1) is 14.1. The number of amides is 1. The van der Waals surface area contributed by atoms with Gasteiger partial charge in [-0.2, -0.15) is 0 Å². The summed E-state index contributed by atoms with van der Waals surface area (Å²) < 4.78 is 10.9. The van der Waals surface area contributed by atoms with E-state index in [1.54, 1.807) is 12.1 Å². The van der Waals surface area contributed by atoms with Gasteiger partial charge in [-0.3, -0.25) is 4.79 Å². The van der Waals surface area contributed by atoms with Crippen molar-refractivity contribution in [2.75, 3.05) is 11.9 Å². The van der Waals surface area contributed by atoms with Crippen LogP contribution in [0.5, 0.6) is 5.75 Å². The van der Waals surface area contributed by atoms with Crippen LogP contribution in [0.3, 0.4) is 0 Å². The molecular formula is C24H19NO4. The lowest BCUT2D eigenvalue weighted by Gasteiger charge is -2.10. The largest absolute Gasteiger partial charge is 0.484 e. The number of ether oxygens (including phenoxy) is 1. The monoisotopic (exact) mass is 385 g/mol. The third-order valence-corrected chi connectivity index (χ3v) is 4.47. The van der Waals surface area contributed by atoms with Crippen LogP contribution in [0.2, 0.25) is 0 Å². The fourth-order valence-corrected chi connectivity index (χ4v) is 3.16. The van der Waals surface area contributed by atoms with Crippen molar-refractivity contribution in [1.82, 2.24) is 0 Å². The molecule has 1 aromatic heterocycles. The van der Waals surface area contributed by atoms with Crippen molar-refractivity contribution in [3.05, 3.63) is 94.8 Å². The summed E-state index contributed by atoms with van der Waals surface area (Å²) in [6.45, 7) is 1.81. The maximum Gasteiger partial charge on any atom is 0.336 e. The van der Waals surface area contributed by atoms with Gasteiger partial charge in [0.2, 0.25) is 0 Å². The van der Waals surface area contributed by atoms with Crippen LogP contribution in [0, 0.1) is 6.92 Å². The van der Waals surface area contributed by atoms with Gasteiger partial charge in [0.15, 0.2) is 6.61 Å². The molecule has 0 spiro atoms. The second kappa shape index (κ2) is 8.02. The molecule has 0 atom stereocenters. The Labute approximate surface area is 167 Å². The smallest absolute Gasteiger partial charge is 0.336 e. The summed E-state index contributed by atoms with van der Waals surface area (Å²) >= 11 is 0. The average Bonchev–Trinajstić information content (AvgIpc) is 2.72. The highest BCUT2D eigenvalue weighted by atomic mass is 16.5. The zero-order valence-corrected chi connectivity index (χ0v) is 15.8. The Kier molecular flexibility index (Phi) is 5.12. The van der Waals surface area contributed by atoms with Crippen LogP contribution in [-0.4, -0.2) is 12.5 Å². The number of aryl methyl sites for hydroxylation is 1. The molecule has 4 aromatic rings. The van der Waals surface area contributed by atoms with Crippen molar-refractivity contribution in [3.63, 3.8) is 0 Å². The Balaban J connectivity index is 1.53. The minimum absolute atomic E-state index is 0.151. The Morgan fingerprint density at radius 1 is 0.966 bits per heavy atom. The number of benzene rings is 3. The zero-order valence-electron chi connectivity index (χ0n) is 15.8. The summed E-state index contributed by atoms with van der Waals surface area (Å²) in [4.78, 5) is 24.2. The number of carbonyl (C=O) groups is 1. The van der Waals surface area contributed by atoms with Crippen LogP contribution in [0.4, 0.5) is 5.69 Å². The number of anilines is 1. The van der Waals surface area contributed by atoms with Crippen LogP contribution in [0.25, 0.3) is 22.1 Å². The van der Waals surface area contributed by atoms with Crippen LogP contribution in [-0.2, 0) is 4.79 Å². The van der Waals surface area contributed by atoms with Gasteiger partial charge in [0.05, 0.1) is 0 Å². The molecule has 5 heteroatoms. The molecule has 1 heterocycles. The molecule has 0 saturated heterocycles. The normalized spacial score (nSPS) is 10.7. The molecule has 4 rings (SSSR count). The number of hydrogen-bond donors (Lipinski definition) is 1. The van der Waals surface area contributed by atoms with E-state index < -0.39 is 5.63 Å². The zero-order chi connectivity index (χ0) is 20.2. The number of hydrogen-bond acceptors (Lipinski definition) is 4. The van der Waals surface area contributed by atoms with Gasteiger partial charge < -0.3 is 14.5 Å². The van der Waals surface area contributed by atoms with E-state index in [1.807, 2.05) is 67.6 Å². The summed E-state index contributed by atoms with van der Waals surface area (Å²) in [5.41, 5.74) is 3.47. The van der Waals surface area contributed by atoms with Gasteiger partial charge in [-0.1, -0.05) is 42.5 Å². The summed E-state index contributed by atoms with van der Waals surface area (Å²) in [6.07, 6.45) is 0.